The molecule has 0 saturated carbocycles. The first-order valence-electron chi connectivity index (χ1n) is 8.57. The fourth-order valence-electron chi connectivity index (χ4n) is 2.60. The zero-order valence-electron chi connectivity index (χ0n) is 14.6. The molecule has 3 rings (SSSR count). The van der Waals surface area contributed by atoms with Crippen molar-refractivity contribution in [2.75, 3.05) is 17.2 Å². The van der Waals surface area contributed by atoms with Crippen molar-refractivity contribution in [2.24, 2.45) is 0 Å². The molecule has 4 nitrogen and oxygen atoms in total. The first-order valence-corrected chi connectivity index (χ1v) is 8.95. The van der Waals surface area contributed by atoms with Gasteiger partial charge in [-0.15, -0.1) is 0 Å². The molecule has 1 aromatic heterocycles. The number of hydrogen-bond donors (Lipinski definition) is 2. The zero-order valence-corrected chi connectivity index (χ0v) is 15.3. The van der Waals surface area contributed by atoms with Crippen LogP contribution >= 0.6 is 11.6 Å². The Hall–Kier alpha value is -2.92. The summed E-state index contributed by atoms with van der Waals surface area (Å²) < 4.78 is 13.2. The van der Waals surface area contributed by atoms with E-state index in [0.717, 1.165) is 23.8 Å². The van der Waals surface area contributed by atoms with E-state index in [-0.39, 0.29) is 18.1 Å². The van der Waals surface area contributed by atoms with Crippen LogP contribution in [0, 0.1) is 5.82 Å². The van der Waals surface area contributed by atoms with Crippen LogP contribution in [0.5, 0.6) is 0 Å². The second kappa shape index (κ2) is 9.14. The molecule has 27 heavy (non-hydrogen) atoms. The van der Waals surface area contributed by atoms with Gasteiger partial charge in [-0.25, -0.2) is 9.37 Å². The third kappa shape index (κ3) is 6.08. The number of halogens is 2. The minimum Gasteiger partial charge on any atom is -0.370 e. The van der Waals surface area contributed by atoms with Crippen molar-refractivity contribution in [1.82, 2.24) is 4.98 Å². The Morgan fingerprint density at radius 3 is 2.56 bits per heavy atom. The Morgan fingerprint density at radius 1 is 1.04 bits per heavy atom. The van der Waals surface area contributed by atoms with Crippen LogP contribution in [0.15, 0.2) is 66.9 Å². The molecule has 6 heteroatoms. The fraction of sp³-hybridized carbons (Fsp3) is 0.143. The average Bonchev–Trinajstić information content (AvgIpc) is 2.65. The maximum absolute atomic E-state index is 13.2. The van der Waals surface area contributed by atoms with Crippen molar-refractivity contribution in [3.63, 3.8) is 0 Å². The summed E-state index contributed by atoms with van der Waals surface area (Å²) in [6.07, 6.45) is 2.55. The molecule has 0 saturated heterocycles. The molecule has 0 bridgehead atoms. The lowest BCUT2D eigenvalue weighted by Gasteiger charge is -2.08. The normalized spacial score (nSPS) is 10.4. The lowest BCUT2D eigenvalue weighted by Crippen LogP contribution is -2.15. The van der Waals surface area contributed by atoms with Crippen molar-refractivity contribution < 1.29 is 9.18 Å². The van der Waals surface area contributed by atoms with Gasteiger partial charge in [0, 0.05) is 11.6 Å². The predicted molar refractivity (Wildman–Crippen MR) is 107 cm³/mol. The van der Waals surface area contributed by atoms with Crippen molar-refractivity contribution in [1.29, 1.82) is 0 Å². The van der Waals surface area contributed by atoms with Crippen molar-refractivity contribution in [3.05, 3.63) is 88.8 Å². The number of aromatic nitrogens is 1. The van der Waals surface area contributed by atoms with Gasteiger partial charge in [-0.05, 0) is 53.9 Å². The Balaban J connectivity index is 1.46. The van der Waals surface area contributed by atoms with Crippen molar-refractivity contribution in [3.8, 4) is 0 Å². The van der Waals surface area contributed by atoms with E-state index in [0.29, 0.717) is 11.3 Å². The van der Waals surface area contributed by atoms with E-state index in [2.05, 4.69) is 15.6 Å². The number of carbonyl (C=O) groups excluding carboxylic acids is 1. The van der Waals surface area contributed by atoms with Gasteiger partial charge in [-0.1, -0.05) is 35.9 Å². The maximum atomic E-state index is 13.2. The molecule has 0 fully saturated rings. The Labute approximate surface area is 162 Å². The fourth-order valence-corrected chi connectivity index (χ4v) is 2.72. The molecule has 2 aromatic carbocycles. The largest absolute Gasteiger partial charge is 0.370 e. The number of amides is 1. The van der Waals surface area contributed by atoms with Gasteiger partial charge in [0.1, 0.15) is 11.6 Å². The van der Waals surface area contributed by atoms with E-state index in [9.17, 15) is 9.18 Å². The smallest absolute Gasteiger partial charge is 0.228 e. The van der Waals surface area contributed by atoms with Gasteiger partial charge in [-0.3, -0.25) is 4.79 Å². The molecule has 0 radical (unpaired) electrons. The summed E-state index contributed by atoms with van der Waals surface area (Å²) in [5.41, 5.74) is 2.41. The summed E-state index contributed by atoms with van der Waals surface area (Å²) in [5.74, 6) is 0.161. The molecule has 1 amide bonds. The van der Waals surface area contributed by atoms with Crippen LogP contribution < -0.4 is 10.6 Å². The molecular weight excluding hydrogens is 365 g/mol. The van der Waals surface area contributed by atoms with E-state index in [1.165, 1.54) is 17.7 Å². The first-order chi connectivity index (χ1) is 13.1. The minimum atomic E-state index is -0.351. The molecule has 2 N–H and O–H groups in total. The van der Waals surface area contributed by atoms with Gasteiger partial charge < -0.3 is 10.6 Å². The first kappa shape index (κ1) is 18.9. The van der Waals surface area contributed by atoms with E-state index >= 15 is 0 Å². The van der Waals surface area contributed by atoms with E-state index < -0.39 is 0 Å². The SMILES string of the molecule is O=C(Cc1cccc(F)c1)Nc1ccc(NCCc2ccc(Cl)cc2)nc1. The van der Waals surface area contributed by atoms with E-state index in [4.69, 9.17) is 11.6 Å². The standard InChI is InChI=1S/C21H19ClFN3O/c22-17-6-4-15(5-7-17)10-11-24-20-9-8-19(14-25-20)26-21(27)13-16-2-1-3-18(23)12-16/h1-9,12,14H,10-11,13H2,(H,24,25)(H,26,27). The monoisotopic (exact) mass is 383 g/mol. The van der Waals surface area contributed by atoms with Crippen LogP contribution in [-0.4, -0.2) is 17.4 Å². The van der Waals surface area contributed by atoms with E-state index in [1.54, 1.807) is 30.5 Å². The second-order valence-corrected chi connectivity index (χ2v) is 6.53. The topological polar surface area (TPSA) is 54.0 Å². The van der Waals surface area contributed by atoms with E-state index in [1.807, 2.05) is 24.3 Å². The molecule has 0 spiro atoms. The predicted octanol–water partition coefficient (Wildman–Crippen LogP) is 4.71. The number of hydrogen-bond acceptors (Lipinski definition) is 3. The van der Waals surface area contributed by atoms with Crippen molar-refractivity contribution >= 4 is 29.0 Å². The van der Waals surface area contributed by atoms with Crippen LogP contribution in [0.3, 0.4) is 0 Å². The lowest BCUT2D eigenvalue weighted by molar-refractivity contribution is -0.115. The van der Waals surface area contributed by atoms with Gasteiger partial charge in [0.25, 0.3) is 0 Å². The lowest BCUT2D eigenvalue weighted by atomic mass is 10.1. The molecule has 0 aliphatic carbocycles. The molecular formula is C21H19ClFN3O. The summed E-state index contributed by atoms with van der Waals surface area (Å²) >= 11 is 5.87. The quantitative estimate of drug-likeness (QED) is 0.621. The minimum absolute atomic E-state index is 0.110. The highest BCUT2D eigenvalue weighted by Gasteiger charge is 2.05. The van der Waals surface area contributed by atoms with Gasteiger partial charge >= 0.3 is 0 Å². The third-order valence-electron chi connectivity index (χ3n) is 3.93. The Kier molecular flexibility index (Phi) is 6.39. The number of rotatable bonds is 7. The van der Waals surface area contributed by atoms with Gasteiger partial charge in [0.2, 0.25) is 5.91 Å². The number of carbonyl (C=O) groups is 1. The average molecular weight is 384 g/mol. The van der Waals surface area contributed by atoms with Crippen molar-refractivity contribution in [2.45, 2.75) is 12.8 Å². The van der Waals surface area contributed by atoms with Crippen LogP contribution in [0.1, 0.15) is 11.1 Å². The molecule has 1 heterocycles. The number of pyridine rings is 1. The summed E-state index contributed by atoms with van der Waals surface area (Å²) in [6.45, 7) is 0.736. The summed E-state index contributed by atoms with van der Waals surface area (Å²) in [6, 6.07) is 17.3. The zero-order chi connectivity index (χ0) is 19.1. The van der Waals surface area contributed by atoms with Crippen LogP contribution in [-0.2, 0) is 17.6 Å². The van der Waals surface area contributed by atoms with Crippen LogP contribution in [0.4, 0.5) is 15.9 Å². The molecule has 0 atom stereocenters. The second-order valence-electron chi connectivity index (χ2n) is 6.09. The molecule has 138 valence electrons. The Morgan fingerprint density at radius 2 is 1.85 bits per heavy atom. The number of nitrogens with one attached hydrogen (secondary N) is 2. The molecule has 0 aliphatic heterocycles. The van der Waals surface area contributed by atoms with Crippen LogP contribution in [0.25, 0.3) is 0 Å². The van der Waals surface area contributed by atoms with Crippen LogP contribution in [0.2, 0.25) is 5.02 Å². The highest BCUT2D eigenvalue weighted by atomic mass is 35.5. The summed E-state index contributed by atoms with van der Waals surface area (Å²) in [4.78, 5) is 16.3. The third-order valence-corrected chi connectivity index (χ3v) is 4.19. The van der Waals surface area contributed by atoms with Gasteiger partial charge in [-0.2, -0.15) is 0 Å². The molecule has 0 aliphatic rings. The highest BCUT2D eigenvalue weighted by molar-refractivity contribution is 6.30. The highest BCUT2D eigenvalue weighted by Crippen LogP contribution is 2.13. The van der Waals surface area contributed by atoms with Gasteiger partial charge in [0.05, 0.1) is 18.3 Å². The number of nitrogens with zero attached hydrogens (tertiary/aromatic N) is 1. The summed E-state index contributed by atoms with van der Waals surface area (Å²) in [5, 5.41) is 6.72. The maximum Gasteiger partial charge on any atom is 0.228 e. The molecule has 3 aromatic rings. The number of anilines is 2. The number of benzene rings is 2. The summed E-state index contributed by atoms with van der Waals surface area (Å²) in [7, 11) is 0. The van der Waals surface area contributed by atoms with Gasteiger partial charge in [0.15, 0.2) is 0 Å². The Bertz CT molecular complexity index is 898. The molecule has 0 unspecified atom stereocenters.